The minimum absolute atomic E-state index is 0.00132. The fourth-order valence-electron chi connectivity index (χ4n) is 9.27. The minimum Gasteiger partial charge on any atom is -0.393 e. The van der Waals surface area contributed by atoms with E-state index in [2.05, 4.69) is 5.32 Å². The van der Waals surface area contributed by atoms with Gasteiger partial charge in [-0.1, -0.05) is 51.4 Å². The summed E-state index contributed by atoms with van der Waals surface area (Å²) in [4.78, 5) is 0. The van der Waals surface area contributed by atoms with E-state index in [9.17, 15) is 35.7 Å². The van der Waals surface area contributed by atoms with Gasteiger partial charge in [0.25, 0.3) is 0 Å². The lowest BCUT2D eigenvalue weighted by molar-refractivity contribution is -0.133. The largest absolute Gasteiger partial charge is 0.393 e. The van der Waals surface area contributed by atoms with E-state index in [0.717, 1.165) is 109 Å². The Labute approximate surface area is 248 Å². The van der Waals surface area contributed by atoms with Gasteiger partial charge in [0.05, 0.1) is 12.2 Å². The van der Waals surface area contributed by atoms with Crippen LogP contribution in [0.4, 0.5) is 0 Å². The molecule has 4 saturated carbocycles. The second kappa shape index (κ2) is 16.7. The maximum atomic E-state index is 11.1. The van der Waals surface area contributed by atoms with Crippen LogP contribution in [0.3, 0.4) is 0 Å². The Morgan fingerprint density at radius 3 is 1.61 bits per heavy atom. The number of rotatable bonds is 13. The Morgan fingerprint density at radius 1 is 0.488 bits per heavy atom. The van der Waals surface area contributed by atoms with Crippen molar-refractivity contribution in [2.75, 3.05) is 0 Å². The van der Waals surface area contributed by atoms with Crippen molar-refractivity contribution in [3.8, 4) is 0 Å². The van der Waals surface area contributed by atoms with Crippen LogP contribution in [0, 0.1) is 41.4 Å². The van der Waals surface area contributed by atoms with Gasteiger partial charge in [0.2, 0.25) is 0 Å². The first-order valence-corrected chi connectivity index (χ1v) is 17.3. The Balaban J connectivity index is 1.17. The summed E-state index contributed by atoms with van der Waals surface area (Å²) in [7, 11) is 0. The molecule has 0 spiro atoms. The molecular weight excluding hydrogens is 522 g/mol. The van der Waals surface area contributed by atoms with Crippen LogP contribution in [-0.4, -0.2) is 72.8 Å². The highest BCUT2D eigenvalue weighted by Gasteiger charge is 2.38. The lowest BCUT2D eigenvalue weighted by Gasteiger charge is -2.39. The predicted molar refractivity (Wildman–Crippen MR) is 158 cm³/mol. The van der Waals surface area contributed by atoms with E-state index < -0.39 is 24.9 Å². The van der Waals surface area contributed by atoms with Crippen LogP contribution >= 0.6 is 0 Å². The molecule has 240 valence electrons. The van der Waals surface area contributed by atoms with Gasteiger partial charge in [-0.15, -0.1) is 0 Å². The van der Waals surface area contributed by atoms with Crippen molar-refractivity contribution < 1.29 is 35.7 Å². The van der Waals surface area contributed by atoms with Crippen molar-refractivity contribution in [2.24, 2.45) is 41.4 Å². The molecule has 4 rings (SSSR count). The summed E-state index contributed by atoms with van der Waals surface area (Å²) in [5.41, 5.74) is 0. The van der Waals surface area contributed by atoms with Gasteiger partial charge < -0.3 is 35.7 Å². The number of hydrogen-bond acceptors (Lipinski definition) is 8. The molecule has 0 amide bonds. The van der Waals surface area contributed by atoms with Crippen molar-refractivity contribution in [3.63, 3.8) is 0 Å². The number of aliphatic hydroxyl groups excluding tert-OH is 5. The number of nitrogens with one attached hydrogen (secondary N) is 1. The molecule has 11 atom stereocenters. The summed E-state index contributed by atoms with van der Waals surface area (Å²) in [6.45, 7) is 0. The third-order valence-electron chi connectivity index (χ3n) is 11.7. The average molecular weight is 584 g/mol. The first-order valence-electron chi connectivity index (χ1n) is 17.3. The number of hydrogen-bond donors (Lipinski definition) is 8. The summed E-state index contributed by atoms with van der Waals surface area (Å²) in [6, 6.07) is 0.151. The van der Waals surface area contributed by atoms with Gasteiger partial charge >= 0.3 is 0 Å². The zero-order valence-electron chi connectivity index (χ0n) is 25.3. The summed E-state index contributed by atoms with van der Waals surface area (Å²) in [5, 5.41) is 75.5. The summed E-state index contributed by atoms with van der Waals surface area (Å²) >= 11 is 0. The molecule has 41 heavy (non-hydrogen) atoms. The smallest absolute Gasteiger partial charge is 0.154 e. The van der Waals surface area contributed by atoms with E-state index in [0.29, 0.717) is 11.8 Å². The van der Waals surface area contributed by atoms with Crippen LogP contribution < -0.4 is 5.32 Å². The van der Waals surface area contributed by atoms with Crippen molar-refractivity contribution in [2.45, 2.75) is 165 Å². The van der Waals surface area contributed by atoms with Crippen LogP contribution in [-0.2, 0) is 0 Å². The standard InChI is InChI=1S/C33H61NO7/c35-29(23-9-6-10-24(20-23)34-31(37)26-12-2-4-14-28(26)33(40)41)17-15-21-7-5-8-22(19-21)16-18-30(36)25-11-1-3-13-27(25)32(38)39/h21-41H,1-20H2/t21?,22?,23?,24?,25?,26?,27?,28?,29-,30?,31?/m1/s1. The van der Waals surface area contributed by atoms with Crippen molar-refractivity contribution >= 4 is 0 Å². The van der Waals surface area contributed by atoms with Crippen LogP contribution in [0.15, 0.2) is 0 Å². The van der Waals surface area contributed by atoms with Gasteiger partial charge in [-0.2, -0.15) is 0 Å². The monoisotopic (exact) mass is 583 g/mol. The van der Waals surface area contributed by atoms with Crippen LogP contribution in [0.5, 0.6) is 0 Å². The molecule has 4 fully saturated rings. The van der Waals surface area contributed by atoms with Gasteiger partial charge in [0.1, 0.15) is 6.23 Å². The molecule has 8 heteroatoms. The highest BCUT2D eigenvalue weighted by atomic mass is 16.5. The normalized spacial score (nSPS) is 37.7. The molecule has 8 N–H and O–H groups in total. The Hall–Kier alpha value is -0.320. The van der Waals surface area contributed by atoms with E-state index in [1.54, 1.807) is 0 Å². The fourth-order valence-corrected chi connectivity index (χ4v) is 9.27. The third kappa shape index (κ3) is 9.84. The zero-order chi connectivity index (χ0) is 29.4. The zero-order valence-corrected chi connectivity index (χ0v) is 25.3. The highest BCUT2D eigenvalue weighted by Crippen LogP contribution is 2.40. The second-order valence-corrected chi connectivity index (χ2v) is 14.5. The number of aliphatic hydroxyl groups is 7. The Bertz CT molecular complexity index is 738. The molecule has 0 radical (unpaired) electrons. The summed E-state index contributed by atoms with van der Waals surface area (Å²) in [5.74, 6) is 0.839. The SMILES string of the molecule is OC(O)C1CCCCC1C(O)CCC1CCCC(CC[C@@H](O)C2CCCC(NC(O)C3CCCCC3C(O)O)C2)C1. The molecule has 10 unspecified atom stereocenters. The quantitative estimate of drug-likeness (QED) is 0.153. The van der Waals surface area contributed by atoms with Crippen LogP contribution in [0.1, 0.15) is 128 Å². The lowest BCUT2D eigenvalue weighted by atomic mass is 9.72. The first-order chi connectivity index (χ1) is 19.7. The maximum Gasteiger partial charge on any atom is 0.154 e. The lowest BCUT2D eigenvalue weighted by Crippen LogP contribution is -2.50. The molecule has 0 aromatic carbocycles. The minimum atomic E-state index is -1.38. The average Bonchev–Trinajstić information content (AvgIpc) is 2.99. The molecule has 0 aliphatic heterocycles. The molecule has 4 aliphatic rings. The second-order valence-electron chi connectivity index (χ2n) is 14.5. The van der Waals surface area contributed by atoms with Gasteiger partial charge in [-0.25, -0.2) is 0 Å². The van der Waals surface area contributed by atoms with E-state index in [1.807, 2.05) is 0 Å². The maximum absolute atomic E-state index is 11.1. The van der Waals surface area contributed by atoms with Crippen molar-refractivity contribution in [1.29, 1.82) is 0 Å². The summed E-state index contributed by atoms with van der Waals surface area (Å²) in [6.07, 6.45) is 15.3. The van der Waals surface area contributed by atoms with Gasteiger partial charge in [0, 0.05) is 23.8 Å². The van der Waals surface area contributed by atoms with Gasteiger partial charge in [-0.05, 0) is 101 Å². The molecule has 0 heterocycles. The Kier molecular flexibility index (Phi) is 13.6. The predicted octanol–water partition coefficient (Wildman–Crippen LogP) is 3.78. The molecule has 8 nitrogen and oxygen atoms in total. The fraction of sp³-hybridized carbons (Fsp3) is 1.00. The van der Waals surface area contributed by atoms with Crippen LogP contribution in [0.2, 0.25) is 0 Å². The van der Waals surface area contributed by atoms with E-state index >= 15 is 0 Å². The molecule has 0 saturated heterocycles. The van der Waals surface area contributed by atoms with Gasteiger partial charge in [-0.3, -0.25) is 5.32 Å². The van der Waals surface area contributed by atoms with E-state index in [-0.39, 0.29) is 41.7 Å². The summed E-state index contributed by atoms with van der Waals surface area (Å²) < 4.78 is 0. The third-order valence-corrected chi connectivity index (χ3v) is 11.7. The Morgan fingerprint density at radius 2 is 1.00 bits per heavy atom. The van der Waals surface area contributed by atoms with Gasteiger partial charge in [0.15, 0.2) is 12.6 Å². The highest BCUT2D eigenvalue weighted by molar-refractivity contribution is 4.88. The van der Waals surface area contributed by atoms with Crippen molar-refractivity contribution in [1.82, 2.24) is 5.32 Å². The van der Waals surface area contributed by atoms with E-state index in [1.165, 1.54) is 19.3 Å². The topological polar surface area (TPSA) is 154 Å². The molecule has 0 bridgehead atoms. The van der Waals surface area contributed by atoms with E-state index in [4.69, 9.17) is 0 Å². The molecule has 0 aromatic heterocycles. The molecular formula is C33H61NO7. The first kappa shape index (κ1) is 33.6. The molecule has 4 aliphatic carbocycles. The van der Waals surface area contributed by atoms with Crippen molar-refractivity contribution in [3.05, 3.63) is 0 Å². The van der Waals surface area contributed by atoms with Crippen LogP contribution in [0.25, 0.3) is 0 Å². The molecule has 0 aromatic rings.